The van der Waals surface area contributed by atoms with Crippen molar-refractivity contribution in [2.45, 2.75) is 6.92 Å². The number of hydrogen-bond donors (Lipinski definition) is 0. The molecule has 0 fully saturated rings. The van der Waals surface area contributed by atoms with Crippen molar-refractivity contribution in [3.63, 3.8) is 0 Å². The molecule has 2 aromatic rings. The van der Waals surface area contributed by atoms with Crippen LogP contribution in [0.5, 0.6) is 0 Å². The van der Waals surface area contributed by atoms with E-state index < -0.39 is 0 Å². The largest absolute Gasteiger partial charge is 0.244 e. The van der Waals surface area contributed by atoms with Crippen molar-refractivity contribution in [1.29, 1.82) is 0 Å². The van der Waals surface area contributed by atoms with Crippen LogP contribution in [0.25, 0.3) is 10.2 Å². The number of rotatable bonds is 1. The van der Waals surface area contributed by atoms with Gasteiger partial charge in [0.25, 0.3) is 0 Å². The average Bonchev–Trinajstić information content (AvgIpc) is 2.50. The minimum atomic E-state index is 1.13. The van der Waals surface area contributed by atoms with Crippen LogP contribution in [0.3, 0.4) is 0 Å². The lowest BCUT2D eigenvalue weighted by Crippen LogP contribution is -1.78. The fourth-order valence-electron chi connectivity index (χ4n) is 1.14. The van der Waals surface area contributed by atoms with Gasteiger partial charge in [-0.25, -0.2) is 4.98 Å². The summed E-state index contributed by atoms with van der Waals surface area (Å²) in [6.45, 7) is 2.04. The molecule has 1 radical (unpaired) electrons. The molecule has 55 valence electrons. The predicted molar refractivity (Wildman–Crippen MR) is 48.7 cm³/mol. The molecule has 11 heavy (non-hydrogen) atoms. The molecule has 0 saturated heterocycles. The van der Waals surface area contributed by atoms with Gasteiger partial charge in [-0.2, -0.15) is 0 Å². The molecule has 0 spiro atoms. The zero-order chi connectivity index (χ0) is 7.68. The third-order valence-electron chi connectivity index (χ3n) is 1.70. The van der Waals surface area contributed by atoms with Crippen LogP contribution in [0.15, 0.2) is 23.7 Å². The Hall–Kier alpha value is -0.890. The van der Waals surface area contributed by atoms with Gasteiger partial charge in [-0.05, 0) is 18.1 Å². The highest BCUT2D eigenvalue weighted by Gasteiger charge is 1.99. The third-order valence-corrected chi connectivity index (χ3v) is 2.50. The van der Waals surface area contributed by atoms with E-state index in [1.165, 1.54) is 10.3 Å². The highest BCUT2D eigenvalue weighted by molar-refractivity contribution is 7.16. The summed E-state index contributed by atoms with van der Waals surface area (Å²) >= 11 is 1.69. The molecule has 1 aromatic carbocycles. The van der Waals surface area contributed by atoms with Crippen LogP contribution in [-0.2, 0) is 0 Å². The molecule has 1 aromatic heterocycles. The molecular weight excluding hydrogens is 154 g/mol. The average molecular weight is 162 g/mol. The predicted octanol–water partition coefficient (Wildman–Crippen LogP) is 2.87. The second-order valence-corrected chi connectivity index (χ2v) is 3.22. The van der Waals surface area contributed by atoms with E-state index in [1.54, 1.807) is 11.3 Å². The highest BCUT2D eigenvalue weighted by Crippen LogP contribution is 2.21. The minimum Gasteiger partial charge on any atom is -0.244 e. The van der Waals surface area contributed by atoms with E-state index in [0.717, 1.165) is 5.52 Å². The Balaban J connectivity index is 2.79. The monoisotopic (exact) mass is 162 g/mol. The maximum Gasteiger partial charge on any atom is 0.0846 e. The normalized spacial score (nSPS) is 10.6. The molecule has 0 unspecified atom stereocenters. The summed E-state index contributed by atoms with van der Waals surface area (Å²) in [5.74, 6) is 0. The number of benzene rings is 1. The van der Waals surface area contributed by atoms with E-state index in [1.807, 2.05) is 12.4 Å². The highest BCUT2D eigenvalue weighted by atomic mass is 32.1. The maximum atomic E-state index is 4.28. The van der Waals surface area contributed by atoms with Crippen molar-refractivity contribution < 1.29 is 0 Å². The molecule has 2 rings (SSSR count). The first-order chi connectivity index (χ1) is 5.42. The molecule has 1 heterocycles. The van der Waals surface area contributed by atoms with Gasteiger partial charge < -0.3 is 0 Å². The topological polar surface area (TPSA) is 12.9 Å². The van der Waals surface area contributed by atoms with E-state index >= 15 is 0 Å². The lowest BCUT2D eigenvalue weighted by atomic mass is 10.1. The van der Waals surface area contributed by atoms with Crippen LogP contribution in [0.4, 0.5) is 0 Å². The molecule has 0 bridgehead atoms. The first-order valence-electron chi connectivity index (χ1n) is 3.53. The summed E-state index contributed by atoms with van der Waals surface area (Å²) in [5, 5.41) is 0. The van der Waals surface area contributed by atoms with Gasteiger partial charge in [0.15, 0.2) is 0 Å². The van der Waals surface area contributed by atoms with E-state index in [0.29, 0.717) is 0 Å². The van der Waals surface area contributed by atoms with Crippen LogP contribution in [-0.4, -0.2) is 4.98 Å². The number of aromatic nitrogens is 1. The number of thiazole rings is 1. The summed E-state index contributed by atoms with van der Waals surface area (Å²) in [5.41, 5.74) is 4.24. The van der Waals surface area contributed by atoms with Gasteiger partial charge in [0.05, 0.1) is 15.7 Å². The van der Waals surface area contributed by atoms with Gasteiger partial charge >= 0.3 is 0 Å². The summed E-state index contributed by atoms with van der Waals surface area (Å²) in [7, 11) is 0. The number of para-hydroxylation sites is 1. The quantitative estimate of drug-likeness (QED) is 0.628. The Labute approximate surface area is 69.7 Å². The second-order valence-electron chi connectivity index (χ2n) is 2.34. The zero-order valence-corrected chi connectivity index (χ0v) is 7.06. The Morgan fingerprint density at radius 3 is 3.18 bits per heavy atom. The molecule has 0 saturated carbocycles. The molecule has 1 nitrogen and oxygen atoms in total. The number of fused-ring (bicyclic) bond motifs is 1. The van der Waals surface area contributed by atoms with Crippen LogP contribution < -0.4 is 0 Å². The molecule has 0 amide bonds. The fraction of sp³-hybridized carbons (Fsp3) is 0.111. The van der Waals surface area contributed by atoms with Crippen molar-refractivity contribution in [3.05, 3.63) is 35.7 Å². The van der Waals surface area contributed by atoms with Gasteiger partial charge in [0.1, 0.15) is 0 Å². The molecule has 2 heteroatoms. The van der Waals surface area contributed by atoms with E-state index in [2.05, 4.69) is 29.6 Å². The first-order valence-corrected chi connectivity index (χ1v) is 4.41. The van der Waals surface area contributed by atoms with Crippen molar-refractivity contribution in [2.75, 3.05) is 0 Å². The van der Waals surface area contributed by atoms with E-state index in [4.69, 9.17) is 0 Å². The summed E-state index contributed by atoms with van der Waals surface area (Å²) in [6.07, 6.45) is 2.09. The molecule has 0 atom stereocenters. The zero-order valence-electron chi connectivity index (χ0n) is 6.24. The standard InChI is InChI=1S/C9H8NS/c1-2-7-4-3-5-8-9(7)10-6-11-8/h2-6H,1H3. The van der Waals surface area contributed by atoms with Crippen molar-refractivity contribution in [2.24, 2.45) is 0 Å². The van der Waals surface area contributed by atoms with Crippen LogP contribution >= 0.6 is 11.3 Å². The second kappa shape index (κ2) is 2.62. The van der Waals surface area contributed by atoms with E-state index in [9.17, 15) is 0 Å². The molecule has 0 aliphatic rings. The van der Waals surface area contributed by atoms with Crippen LogP contribution in [0.1, 0.15) is 12.5 Å². The third kappa shape index (κ3) is 1.03. The fourth-order valence-corrected chi connectivity index (χ4v) is 1.85. The maximum absolute atomic E-state index is 4.28. The van der Waals surface area contributed by atoms with Crippen LogP contribution in [0.2, 0.25) is 0 Å². The van der Waals surface area contributed by atoms with Crippen molar-refractivity contribution >= 4 is 21.6 Å². The van der Waals surface area contributed by atoms with E-state index in [-0.39, 0.29) is 0 Å². The number of nitrogens with zero attached hydrogens (tertiary/aromatic N) is 1. The lowest BCUT2D eigenvalue weighted by Gasteiger charge is -1.94. The molecular formula is C9H8NS. The van der Waals surface area contributed by atoms with Gasteiger partial charge in [-0.1, -0.05) is 19.1 Å². The SMILES string of the molecule is C[CH]c1cccc2scnc12. The molecule has 0 aliphatic carbocycles. The Morgan fingerprint density at radius 1 is 1.45 bits per heavy atom. The van der Waals surface area contributed by atoms with Gasteiger partial charge in [0, 0.05) is 0 Å². The summed E-state index contributed by atoms with van der Waals surface area (Å²) in [6, 6.07) is 6.25. The van der Waals surface area contributed by atoms with Crippen molar-refractivity contribution in [1.82, 2.24) is 4.98 Å². The van der Waals surface area contributed by atoms with Gasteiger partial charge in [-0.15, -0.1) is 11.3 Å². The number of hydrogen-bond acceptors (Lipinski definition) is 2. The Kier molecular flexibility index (Phi) is 1.62. The summed E-state index contributed by atoms with van der Waals surface area (Å²) < 4.78 is 1.26. The minimum absolute atomic E-state index is 1.13. The molecule has 0 N–H and O–H groups in total. The summed E-state index contributed by atoms with van der Waals surface area (Å²) in [4.78, 5) is 4.28. The van der Waals surface area contributed by atoms with Crippen LogP contribution in [0, 0.1) is 6.42 Å². The van der Waals surface area contributed by atoms with Gasteiger partial charge in [-0.3, -0.25) is 0 Å². The smallest absolute Gasteiger partial charge is 0.0846 e. The molecule has 0 aliphatic heterocycles. The lowest BCUT2D eigenvalue weighted by molar-refractivity contribution is 1.40. The Morgan fingerprint density at radius 2 is 2.36 bits per heavy atom. The first kappa shape index (κ1) is 6.80. The van der Waals surface area contributed by atoms with Crippen molar-refractivity contribution in [3.8, 4) is 0 Å². The van der Waals surface area contributed by atoms with Gasteiger partial charge in [0.2, 0.25) is 0 Å². The Bertz CT molecular complexity index is 364.